The van der Waals surface area contributed by atoms with E-state index in [0.29, 0.717) is 17.0 Å². The van der Waals surface area contributed by atoms with Crippen LogP contribution in [0.15, 0.2) is 0 Å². The summed E-state index contributed by atoms with van der Waals surface area (Å²) in [4.78, 5) is 9.02. The summed E-state index contributed by atoms with van der Waals surface area (Å²) in [6.07, 6.45) is 3.65. The molecule has 0 amide bonds. The zero-order chi connectivity index (χ0) is 15.8. The number of hydrogen-bond acceptors (Lipinski definition) is 3. The van der Waals surface area contributed by atoms with Crippen LogP contribution in [0, 0.1) is 18.8 Å². The molecule has 3 unspecified atom stereocenters. The Bertz CT molecular complexity index is 510. The van der Waals surface area contributed by atoms with Crippen molar-refractivity contribution in [2.24, 2.45) is 11.8 Å². The van der Waals surface area contributed by atoms with Crippen molar-refractivity contribution < 1.29 is 4.74 Å². The average molecular weight is 311 g/mol. The first-order valence-electron chi connectivity index (χ1n) is 7.89. The molecule has 21 heavy (non-hydrogen) atoms. The molecule has 4 heteroatoms. The van der Waals surface area contributed by atoms with Crippen LogP contribution >= 0.6 is 11.6 Å². The van der Waals surface area contributed by atoms with Gasteiger partial charge in [-0.1, -0.05) is 46.2 Å². The molecule has 0 N–H and O–H groups in total. The summed E-state index contributed by atoms with van der Waals surface area (Å²) in [6.45, 7) is 12.8. The highest BCUT2D eigenvalue weighted by Gasteiger charge is 2.28. The number of halogens is 1. The van der Waals surface area contributed by atoms with Crippen molar-refractivity contribution in [3.8, 4) is 5.88 Å². The molecule has 1 aromatic rings. The molecule has 1 aliphatic rings. The minimum Gasteiger partial charge on any atom is -0.474 e. The zero-order valence-corrected chi connectivity index (χ0v) is 14.8. The van der Waals surface area contributed by atoms with E-state index in [1.165, 1.54) is 6.42 Å². The van der Waals surface area contributed by atoms with E-state index in [2.05, 4.69) is 44.6 Å². The number of aromatic nitrogens is 2. The van der Waals surface area contributed by atoms with Gasteiger partial charge in [-0.3, -0.25) is 0 Å². The first-order chi connectivity index (χ1) is 9.68. The molecule has 1 saturated carbocycles. The molecule has 118 valence electrons. The molecule has 1 aromatic heterocycles. The van der Waals surface area contributed by atoms with Crippen LogP contribution in [0.5, 0.6) is 5.88 Å². The van der Waals surface area contributed by atoms with Crippen LogP contribution in [0.1, 0.15) is 65.3 Å². The molecule has 0 aliphatic heterocycles. The maximum absolute atomic E-state index is 6.26. The number of hydrogen-bond donors (Lipinski definition) is 0. The fourth-order valence-corrected chi connectivity index (χ4v) is 2.84. The van der Waals surface area contributed by atoms with Gasteiger partial charge in [0.2, 0.25) is 5.88 Å². The first kappa shape index (κ1) is 16.5. The van der Waals surface area contributed by atoms with E-state index >= 15 is 0 Å². The van der Waals surface area contributed by atoms with E-state index in [9.17, 15) is 0 Å². The lowest BCUT2D eigenvalue weighted by Gasteiger charge is -2.32. The van der Waals surface area contributed by atoms with Crippen molar-refractivity contribution >= 4 is 11.6 Å². The van der Waals surface area contributed by atoms with Gasteiger partial charge >= 0.3 is 0 Å². The highest BCUT2D eigenvalue weighted by molar-refractivity contribution is 6.30. The predicted octanol–water partition coefficient (Wildman–Crippen LogP) is 4.94. The van der Waals surface area contributed by atoms with Gasteiger partial charge in [-0.25, -0.2) is 4.98 Å². The van der Waals surface area contributed by atoms with Gasteiger partial charge in [0.25, 0.3) is 0 Å². The van der Waals surface area contributed by atoms with E-state index in [4.69, 9.17) is 16.3 Å². The Labute approximate surface area is 133 Å². The highest BCUT2D eigenvalue weighted by Crippen LogP contribution is 2.34. The monoisotopic (exact) mass is 310 g/mol. The summed E-state index contributed by atoms with van der Waals surface area (Å²) in [6, 6.07) is 0. The Morgan fingerprint density at radius 3 is 2.33 bits per heavy atom. The maximum atomic E-state index is 6.26. The Morgan fingerprint density at radius 2 is 1.76 bits per heavy atom. The Kier molecular flexibility index (Phi) is 4.82. The second-order valence-corrected chi connectivity index (χ2v) is 7.88. The largest absolute Gasteiger partial charge is 0.474 e. The lowest BCUT2D eigenvalue weighted by atomic mass is 9.80. The highest BCUT2D eigenvalue weighted by atomic mass is 35.5. The molecule has 3 atom stereocenters. The molecule has 0 radical (unpaired) electrons. The minimum atomic E-state index is -0.135. The molecule has 1 heterocycles. The van der Waals surface area contributed by atoms with Crippen molar-refractivity contribution in [1.82, 2.24) is 9.97 Å². The van der Waals surface area contributed by atoms with Crippen LogP contribution < -0.4 is 4.74 Å². The fraction of sp³-hybridized carbons (Fsp3) is 0.765. The lowest BCUT2D eigenvalue weighted by molar-refractivity contribution is 0.0951. The van der Waals surface area contributed by atoms with Gasteiger partial charge < -0.3 is 4.74 Å². The van der Waals surface area contributed by atoms with Crippen molar-refractivity contribution in [3.63, 3.8) is 0 Å². The molecule has 1 aliphatic carbocycles. The molecule has 3 nitrogen and oxygen atoms in total. The molecule has 2 rings (SSSR count). The van der Waals surface area contributed by atoms with E-state index in [0.717, 1.165) is 30.1 Å². The smallest absolute Gasteiger partial charge is 0.221 e. The van der Waals surface area contributed by atoms with Gasteiger partial charge in [-0.2, -0.15) is 4.98 Å². The number of nitrogens with zero attached hydrogens (tertiary/aromatic N) is 2. The average Bonchev–Trinajstić information content (AvgIpc) is 2.38. The van der Waals surface area contributed by atoms with Crippen molar-refractivity contribution in [2.75, 3.05) is 0 Å². The second kappa shape index (κ2) is 6.12. The topological polar surface area (TPSA) is 35.0 Å². The van der Waals surface area contributed by atoms with Crippen molar-refractivity contribution in [2.45, 2.75) is 72.3 Å². The van der Waals surface area contributed by atoms with Crippen LogP contribution in [0.3, 0.4) is 0 Å². The molecule has 0 aromatic carbocycles. The van der Waals surface area contributed by atoms with E-state index in [1.807, 2.05) is 6.92 Å². The van der Waals surface area contributed by atoms with Gasteiger partial charge in [-0.15, -0.1) is 0 Å². The summed E-state index contributed by atoms with van der Waals surface area (Å²) < 4.78 is 6.19. The van der Waals surface area contributed by atoms with Gasteiger partial charge in [0, 0.05) is 11.0 Å². The minimum absolute atomic E-state index is 0.135. The maximum Gasteiger partial charge on any atom is 0.221 e. The van der Waals surface area contributed by atoms with Crippen LogP contribution in [-0.2, 0) is 5.41 Å². The van der Waals surface area contributed by atoms with Crippen LogP contribution in [0.2, 0.25) is 5.15 Å². The van der Waals surface area contributed by atoms with Gasteiger partial charge in [-0.05, 0) is 38.0 Å². The number of rotatable bonds is 2. The molecule has 0 spiro atoms. The summed E-state index contributed by atoms with van der Waals surface area (Å²) in [5.74, 6) is 2.88. The molecule has 0 bridgehead atoms. The van der Waals surface area contributed by atoms with E-state index in [-0.39, 0.29) is 11.5 Å². The second-order valence-electron chi connectivity index (χ2n) is 7.53. The predicted molar refractivity (Wildman–Crippen MR) is 87.1 cm³/mol. The van der Waals surface area contributed by atoms with Crippen molar-refractivity contribution in [3.05, 3.63) is 16.5 Å². The van der Waals surface area contributed by atoms with Gasteiger partial charge in [0.15, 0.2) is 0 Å². The molecule has 1 fully saturated rings. The summed E-state index contributed by atoms with van der Waals surface area (Å²) in [5, 5.41) is 0.502. The number of ether oxygens (including phenoxy) is 1. The third-order valence-electron chi connectivity index (χ3n) is 4.54. The first-order valence-corrected chi connectivity index (χ1v) is 8.27. The zero-order valence-electron chi connectivity index (χ0n) is 14.0. The summed E-state index contributed by atoms with van der Waals surface area (Å²) >= 11 is 6.26. The molecular formula is C17H27ClN2O. The fourth-order valence-electron chi connectivity index (χ4n) is 2.68. The summed E-state index contributed by atoms with van der Waals surface area (Å²) in [7, 11) is 0. The third kappa shape index (κ3) is 3.88. The van der Waals surface area contributed by atoms with E-state index in [1.54, 1.807) is 0 Å². The van der Waals surface area contributed by atoms with Crippen LogP contribution in [0.4, 0.5) is 0 Å². The van der Waals surface area contributed by atoms with E-state index < -0.39 is 0 Å². The normalized spacial score (nSPS) is 26.7. The van der Waals surface area contributed by atoms with Crippen LogP contribution in [0.25, 0.3) is 0 Å². The molecule has 0 saturated heterocycles. The molecular weight excluding hydrogens is 284 g/mol. The lowest BCUT2D eigenvalue weighted by Crippen LogP contribution is -2.29. The Hall–Kier alpha value is -0.830. The summed E-state index contributed by atoms with van der Waals surface area (Å²) in [5.41, 5.74) is 0.708. The van der Waals surface area contributed by atoms with Crippen molar-refractivity contribution in [1.29, 1.82) is 0 Å². The Morgan fingerprint density at radius 1 is 1.10 bits per heavy atom. The SMILES string of the molecule is Cc1c(Cl)nc(C(C)(C)C)nc1OC1CCC(C)C(C)C1. The van der Waals surface area contributed by atoms with Crippen LogP contribution in [-0.4, -0.2) is 16.1 Å². The quantitative estimate of drug-likeness (QED) is 0.726. The third-order valence-corrected chi connectivity index (χ3v) is 4.91. The Balaban J connectivity index is 2.21. The van der Waals surface area contributed by atoms with Gasteiger partial charge in [0.1, 0.15) is 17.1 Å². The standard InChI is InChI=1S/C17H27ClN2O/c1-10-7-8-13(9-11(10)2)21-15-12(3)14(18)19-16(20-15)17(4,5)6/h10-11,13H,7-9H2,1-6H3. The van der Waals surface area contributed by atoms with Gasteiger partial charge in [0.05, 0.1) is 0 Å².